The summed E-state index contributed by atoms with van der Waals surface area (Å²) >= 11 is 5.27. The molecule has 0 N–H and O–H groups in total. The predicted molar refractivity (Wildman–Crippen MR) is 113 cm³/mol. The highest BCUT2D eigenvalue weighted by Gasteiger charge is 2.65. The van der Waals surface area contributed by atoms with Crippen LogP contribution in [0.4, 0.5) is 22.0 Å². The number of carbonyl (C=O) groups is 1. The van der Waals surface area contributed by atoms with E-state index in [0.29, 0.717) is 23.1 Å². The van der Waals surface area contributed by atoms with Crippen LogP contribution in [0.2, 0.25) is 0 Å². The SMILES string of the molecule is CC1(C)C(C=C(Cl)C(F)(F)C(F)(F)F)C1C(=O)OC(C#N)c1cccc(Oc2ccccc2)c1. The van der Waals surface area contributed by atoms with E-state index in [4.69, 9.17) is 21.1 Å². The molecule has 1 aliphatic carbocycles. The third-order valence-corrected chi connectivity index (χ3v) is 6.00. The lowest BCUT2D eigenvalue weighted by Crippen LogP contribution is -2.36. The zero-order valence-corrected chi connectivity index (χ0v) is 18.7. The number of ether oxygens (including phenoxy) is 2. The van der Waals surface area contributed by atoms with Crippen molar-refractivity contribution >= 4 is 17.6 Å². The van der Waals surface area contributed by atoms with Gasteiger partial charge in [-0.1, -0.05) is 61.9 Å². The number of halogens is 6. The first kappa shape index (κ1) is 25.5. The molecule has 180 valence electrons. The van der Waals surface area contributed by atoms with Crippen LogP contribution in [0, 0.1) is 28.6 Å². The van der Waals surface area contributed by atoms with Crippen LogP contribution in [0.3, 0.4) is 0 Å². The lowest BCUT2D eigenvalue weighted by Gasteiger charge is -2.18. The summed E-state index contributed by atoms with van der Waals surface area (Å²) in [7, 11) is 0. The van der Waals surface area contributed by atoms with Gasteiger partial charge in [-0.25, -0.2) is 0 Å². The van der Waals surface area contributed by atoms with E-state index in [-0.39, 0.29) is 0 Å². The number of benzene rings is 2. The van der Waals surface area contributed by atoms with Gasteiger partial charge in [0.15, 0.2) is 0 Å². The van der Waals surface area contributed by atoms with Crippen molar-refractivity contribution in [1.29, 1.82) is 5.26 Å². The van der Waals surface area contributed by atoms with E-state index in [1.807, 2.05) is 12.1 Å². The largest absolute Gasteiger partial charge is 0.459 e. The van der Waals surface area contributed by atoms with Crippen LogP contribution in [0.15, 0.2) is 65.7 Å². The second kappa shape index (κ2) is 9.26. The highest BCUT2D eigenvalue weighted by Crippen LogP contribution is 2.61. The maximum absolute atomic E-state index is 13.5. The van der Waals surface area contributed by atoms with Gasteiger partial charge < -0.3 is 9.47 Å². The van der Waals surface area contributed by atoms with Crippen LogP contribution >= 0.6 is 11.6 Å². The molecule has 34 heavy (non-hydrogen) atoms. The van der Waals surface area contributed by atoms with Crippen LogP contribution < -0.4 is 4.74 Å². The fraction of sp³-hybridized carbons (Fsp3) is 0.333. The molecule has 0 spiro atoms. The second-order valence-corrected chi connectivity index (χ2v) is 8.75. The third kappa shape index (κ3) is 5.17. The smallest absolute Gasteiger partial charge is 0.457 e. The Hall–Kier alpha value is -3.12. The standard InChI is InChI=1S/C24H19ClF5NO3/c1-22(2)17(12-19(25)23(26,27)24(28,29)30)20(22)21(32)34-18(13-31)14-7-6-10-16(11-14)33-15-8-4-3-5-9-15/h3-12,17-18,20H,1-2H3. The minimum atomic E-state index is -5.87. The van der Waals surface area contributed by atoms with Gasteiger partial charge in [-0.2, -0.15) is 27.2 Å². The summed E-state index contributed by atoms with van der Waals surface area (Å²) in [4.78, 5) is 12.7. The molecule has 0 radical (unpaired) electrons. The lowest BCUT2D eigenvalue weighted by atomic mass is 10.1. The Morgan fingerprint density at radius 2 is 1.71 bits per heavy atom. The molecule has 1 aliphatic rings. The molecule has 10 heteroatoms. The van der Waals surface area contributed by atoms with Gasteiger partial charge in [0.25, 0.3) is 0 Å². The molecule has 1 fully saturated rings. The third-order valence-electron chi connectivity index (χ3n) is 5.64. The molecular weight excluding hydrogens is 481 g/mol. The zero-order valence-electron chi connectivity index (χ0n) is 17.9. The summed E-state index contributed by atoms with van der Waals surface area (Å²) < 4.78 is 75.6. The van der Waals surface area contributed by atoms with Gasteiger partial charge in [-0.3, -0.25) is 4.79 Å². The average molecular weight is 500 g/mol. The van der Waals surface area contributed by atoms with Crippen molar-refractivity contribution in [2.45, 2.75) is 32.1 Å². The number of carbonyl (C=O) groups excluding carboxylic acids is 1. The Labute approximate surface area is 197 Å². The van der Waals surface area contributed by atoms with Crippen molar-refractivity contribution in [3.8, 4) is 17.6 Å². The topological polar surface area (TPSA) is 59.3 Å². The molecule has 0 aromatic heterocycles. The number of rotatable bonds is 7. The summed E-state index contributed by atoms with van der Waals surface area (Å²) in [5.41, 5.74) is -0.687. The first-order chi connectivity index (χ1) is 15.8. The molecule has 3 rings (SSSR count). The molecule has 0 saturated heterocycles. The number of hydrogen-bond donors (Lipinski definition) is 0. The Morgan fingerprint density at radius 1 is 1.09 bits per heavy atom. The molecule has 0 heterocycles. The number of para-hydroxylation sites is 1. The van der Waals surface area contributed by atoms with Gasteiger partial charge in [0.2, 0.25) is 6.10 Å². The second-order valence-electron chi connectivity index (χ2n) is 8.35. The van der Waals surface area contributed by atoms with Crippen LogP contribution in [-0.4, -0.2) is 18.1 Å². The van der Waals surface area contributed by atoms with E-state index in [1.165, 1.54) is 26.0 Å². The van der Waals surface area contributed by atoms with Gasteiger partial charge in [-0.05, 0) is 35.6 Å². The van der Waals surface area contributed by atoms with Crippen molar-refractivity contribution in [3.63, 3.8) is 0 Å². The lowest BCUT2D eigenvalue weighted by molar-refractivity contribution is -0.261. The van der Waals surface area contributed by atoms with Gasteiger partial charge in [0, 0.05) is 5.56 Å². The molecule has 2 aromatic rings. The fourth-order valence-electron chi connectivity index (χ4n) is 3.56. The fourth-order valence-corrected chi connectivity index (χ4v) is 3.80. The molecular formula is C24H19ClF5NO3. The number of nitrogens with zero attached hydrogens (tertiary/aromatic N) is 1. The number of alkyl halides is 5. The van der Waals surface area contributed by atoms with Gasteiger partial charge >= 0.3 is 18.1 Å². The summed E-state index contributed by atoms with van der Waals surface area (Å²) in [6.45, 7) is 3.01. The van der Waals surface area contributed by atoms with Crippen LogP contribution in [0.5, 0.6) is 11.5 Å². The van der Waals surface area contributed by atoms with Gasteiger partial charge in [0.05, 0.1) is 11.0 Å². The monoisotopic (exact) mass is 499 g/mol. The summed E-state index contributed by atoms with van der Waals surface area (Å²) in [5, 5.41) is 7.81. The van der Waals surface area contributed by atoms with Crippen molar-refractivity contribution in [1.82, 2.24) is 0 Å². The highest BCUT2D eigenvalue weighted by molar-refractivity contribution is 6.30. The summed E-state index contributed by atoms with van der Waals surface area (Å²) in [5.74, 6) is -7.29. The van der Waals surface area contributed by atoms with E-state index in [2.05, 4.69) is 0 Å². The Balaban J connectivity index is 1.74. The first-order valence-corrected chi connectivity index (χ1v) is 10.4. The predicted octanol–water partition coefficient (Wildman–Crippen LogP) is 7.18. The molecule has 0 bridgehead atoms. The van der Waals surface area contributed by atoms with Crippen LogP contribution in [-0.2, 0) is 9.53 Å². The minimum Gasteiger partial charge on any atom is -0.457 e. The molecule has 3 unspecified atom stereocenters. The molecule has 1 saturated carbocycles. The number of allylic oxidation sites excluding steroid dienone is 2. The van der Waals surface area contributed by atoms with Crippen LogP contribution in [0.1, 0.15) is 25.5 Å². The Morgan fingerprint density at radius 3 is 2.29 bits per heavy atom. The Bertz CT molecular complexity index is 1130. The molecule has 0 amide bonds. The summed E-state index contributed by atoms with van der Waals surface area (Å²) in [6, 6.07) is 16.9. The van der Waals surface area contributed by atoms with Crippen LogP contribution in [0.25, 0.3) is 0 Å². The normalized spacial score (nSPS) is 20.7. The van der Waals surface area contributed by atoms with Crippen molar-refractivity contribution in [2.24, 2.45) is 17.3 Å². The Kier molecular flexibility index (Phi) is 6.94. The molecule has 2 aromatic carbocycles. The van der Waals surface area contributed by atoms with E-state index >= 15 is 0 Å². The summed E-state index contributed by atoms with van der Waals surface area (Å²) in [6.07, 6.45) is -6.68. The quantitative estimate of drug-likeness (QED) is 0.299. The van der Waals surface area contributed by atoms with Crippen molar-refractivity contribution in [3.05, 3.63) is 71.3 Å². The van der Waals surface area contributed by atoms with E-state index in [9.17, 15) is 32.0 Å². The average Bonchev–Trinajstić information content (AvgIpc) is 3.31. The zero-order chi connectivity index (χ0) is 25.3. The minimum absolute atomic E-state index is 0.302. The van der Waals surface area contributed by atoms with Gasteiger partial charge in [-0.15, -0.1) is 0 Å². The number of nitriles is 1. The van der Waals surface area contributed by atoms with E-state index in [0.717, 1.165) is 0 Å². The van der Waals surface area contributed by atoms with E-state index < -0.39 is 46.5 Å². The maximum Gasteiger partial charge on any atom is 0.459 e. The molecule has 0 aliphatic heterocycles. The van der Waals surface area contributed by atoms with Crippen molar-refractivity contribution in [2.75, 3.05) is 0 Å². The highest BCUT2D eigenvalue weighted by atomic mass is 35.5. The number of esters is 1. The molecule has 4 nitrogen and oxygen atoms in total. The van der Waals surface area contributed by atoms with Crippen molar-refractivity contribution < 1.29 is 36.2 Å². The van der Waals surface area contributed by atoms with E-state index in [1.54, 1.807) is 36.4 Å². The van der Waals surface area contributed by atoms with Gasteiger partial charge in [0.1, 0.15) is 17.6 Å². The number of hydrogen-bond acceptors (Lipinski definition) is 4. The first-order valence-electron chi connectivity index (χ1n) is 10.0. The molecule has 3 atom stereocenters. The maximum atomic E-state index is 13.5.